The molecule has 1 aliphatic carbocycles. The summed E-state index contributed by atoms with van der Waals surface area (Å²) in [7, 11) is 0. The van der Waals surface area contributed by atoms with Crippen LogP contribution in [0.2, 0.25) is 5.02 Å². The van der Waals surface area contributed by atoms with Gasteiger partial charge in [0.1, 0.15) is 0 Å². The van der Waals surface area contributed by atoms with E-state index in [2.05, 4.69) is 53.4 Å². The van der Waals surface area contributed by atoms with Gasteiger partial charge in [-0.2, -0.15) is 0 Å². The van der Waals surface area contributed by atoms with Crippen LogP contribution in [-0.2, 0) is 18.4 Å². The molecule has 1 heterocycles. The van der Waals surface area contributed by atoms with E-state index in [1.165, 1.54) is 16.7 Å². The van der Waals surface area contributed by atoms with Gasteiger partial charge in [0.2, 0.25) is 0 Å². The van der Waals surface area contributed by atoms with Crippen molar-refractivity contribution in [2.45, 2.75) is 31.2 Å². The fraction of sp³-hybridized carbons (Fsp3) is 0.296. The topological polar surface area (TPSA) is 20.3 Å². The molecule has 0 bridgehead atoms. The van der Waals surface area contributed by atoms with Crippen molar-refractivity contribution in [1.82, 2.24) is 4.90 Å². The van der Waals surface area contributed by atoms with E-state index in [1.54, 1.807) is 0 Å². The number of likely N-dealkylation sites (tertiary alicyclic amines) is 1. The summed E-state index contributed by atoms with van der Waals surface area (Å²) in [5.74, 6) is 0.674. The minimum Gasteiger partial charge on any atom is -0.299 e. The van der Waals surface area contributed by atoms with Crippen molar-refractivity contribution in [3.63, 3.8) is 0 Å². The first-order valence-electron chi connectivity index (χ1n) is 10.8. The number of Topliss-reactive ketones (excluding diaryl/α,β-unsaturated/α-hetero) is 1. The van der Waals surface area contributed by atoms with Crippen molar-refractivity contribution in [3.05, 3.63) is 106 Å². The van der Waals surface area contributed by atoms with Gasteiger partial charge in [0.05, 0.1) is 5.41 Å². The Bertz CT molecular complexity index is 1060. The van der Waals surface area contributed by atoms with Gasteiger partial charge in [-0.1, -0.05) is 78.3 Å². The number of carbonyl (C=O) groups is 1. The summed E-state index contributed by atoms with van der Waals surface area (Å²) in [6, 6.07) is 26.8. The van der Waals surface area contributed by atoms with Crippen LogP contribution < -0.4 is 0 Å². The molecule has 5 rings (SSSR count). The lowest BCUT2D eigenvalue weighted by atomic mass is 9.64. The molecule has 0 saturated carbocycles. The lowest BCUT2D eigenvalue weighted by Gasteiger charge is -2.42. The summed E-state index contributed by atoms with van der Waals surface area (Å²) in [6.07, 6.45) is 2.90. The monoisotopic (exact) mass is 415 g/mol. The lowest BCUT2D eigenvalue weighted by Crippen LogP contribution is -2.47. The Hall–Kier alpha value is -2.42. The zero-order chi connectivity index (χ0) is 20.6. The number of halogens is 1. The molecule has 0 amide bonds. The molecule has 3 aromatic carbocycles. The van der Waals surface area contributed by atoms with Gasteiger partial charge in [0.25, 0.3) is 0 Å². The number of hydrogen-bond donors (Lipinski definition) is 0. The van der Waals surface area contributed by atoms with Gasteiger partial charge < -0.3 is 0 Å². The van der Waals surface area contributed by atoms with Crippen LogP contribution >= 0.6 is 11.6 Å². The zero-order valence-electron chi connectivity index (χ0n) is 17.1. The molecule has 0 spiro atoms. The third-order valence-electron chi connectivity index (χ3n) is 7.01. The van der Waals surface area contributed by atoms with E-state index in [0.717, 1.165) is 49.5 Å². The van der Waals surface area contributed by atoms with Crippen molar-refractivity contribution >= 4 is 17.4 Å². The third-order valence-corrected chi connectivity index (χ3v) is 7.24. The van der Waals surface area contributed by atoms with E-state index in [4.69, 9.17) is 11.6 Å². The van der Waals surface area contributed by atoms with Gasteiger partial charge in [0, 0.05) is 17.1 Å². The molecule has 152 valence electrons. The van der Waals surface area contributed by atoms with Crippen molar-refractivity contribution < 1.29 is 4.79 Å². The number of piperidine rings is 1. The van der Waals surface area contributed by atoms with Crippen molar-refractivity contribution in [2.24, 2.45) is 5.92 Å². The molecule has 2 nitrogen and oxygen atoms in total. The van der Waals surface area contributed by atoms with Crippen LogP contribution in [0.25, 0.3) is 0 Å². The average Bonchev–Trinajstić information content (AvgIpc) is 3.09. The minimum absolute atomic E-state index is 0.317. The molecule has 1 atom stereocenters. The van der Waals surface area contributed by atoms with Crippen molar-refractivity contribution in [2.75, 3.05) is 13.1 Å². The smallest absolute Gasteiger partial charge is 0.174 e. The van der Waals surface area contributed by atoms with Crippen LogP contribution in [0.15, 0.2) is 78.9 Å². The predicted octanol–water partition coefficient (Wildman–Crippen LogP) is 5.93. The predicted molar refractivity (Wildman–Crippen MR) is 122 cm³/mol. The van der Waals surface area contributed by atoms with Crippen LogP contribution in [0.4, 0.5) is 0 Å². The second-order valence-electron chi connectivity index (χ2n) is 8.68. The molecular formula is C27H26ClNO. The number of hydrogen-bond acceptors (Lipinski definition) is 2. The maximum absolute atomic E-state index is 13.8. The fourth-order valence-electron chi connectivity index (χ4n) is 5.53. The van der Waals surface area contributed by atoms with Crippen LogP contribution in [0.3, 0.4) is 0 Å². The Labute approximate surface area is 183 Å². The second kappa shape index (κ2) is 8.02. The number of nitrogens with zero attached hydrogens (tertiary/aromatic N) is 1. The summed E-state index contributed by atoms with van der Waals surface area (Å²) in [4.78, 5) is 16.3. The Morgan fingerprint density at radius 1 is 0.900 bits per heavy atom. The van der Waals surface area contributed by atoms with E-state index in [-0.39, 0.29) is 0 Å². The van der Waals surface area contributed by atoms with Crippen LogP contribution in [-0.4, -0.2) is 23.8 Å². The molecule has 1 saturated heterocycles. The zero-order valence-corrected chi connectivity index (χ0v) is 17.8. The van der Waals surface area contributed by atoms with E-state index in [0.29, 0.717) is 11.7 Å². The van der Waals surface area contributed by atoms with Gasteiger partial charge in [-0.15, -0.1) is 0 Å². The van der Waals surface area contributed by atoms with Crippen molar-refractivity contribution in [3.8, 4) is 0 Å². The van der Waals surface area contributed by atoms with Gasteiger partial charge in [-0.25, -0.2) is 0 Å². The molecular weight excluding hydrogens is 390 g/mol. The molecule has 3 heteroatoms. The first kappa shape index (κ1) is 19.5. The Morgan fingerprint density at radius 2 is 1.63 bits per heavy atom. The molecule has 1 aliphatic heterocycles. The molecule has 2 aliphatic rings. The Kier molecular flexibility index (Phi) is 5.22. The van der Waals surface area contributed by atoms with Crippen LogP contribution in [0.5, 0.6) is 0 Å². The van der Waals surface area contributed by atoms with Gasteiger partial charge >= 0.3 is 0 Å². The highest BCUT2D eigenvalue weighted by atomic mass is 35.5. The number of rotatable bonds is 4. The van der Waals surface area contributed by atoms with E-state index in [9.17, 15) is 4.79 Å². The number of carbonyl (C=O) groups excluding carboxylic acids is 1. The highest BCUT2D eigenvalue weighted by molar-refractivity contribution is 6.30. The van der Waals surface area contributed by atoms with Gasteiger partial charge in [-0.05, 0) is 67.1 Å². The summed E-state index contributed by atoms with van der Waals surface area (Å²) in [6.45, 7) is 2.94. The average molecular weight is 416 g/mol. The molecule has 0 aromatic heterocycles. The first-order chi connectivity index (χ1) is 14.7. The summed E-state index contributed by atoms with van der Waals surface area (Å²) in [5.41, 5.74) is 4.13. The second-order valence-corrected chi connectivity index (χ2v) is 9.12. The molecule has 1 unspecified atom stereocenters. The largest absolute Gasteiger partial charge is 0.299 e. The third kappa shape index (κ3) is 3.38. The summed E-state index contributed by atoms with van der Waals surface area (Å²) >= 11 is 6.16. The normalized spacial score (nSPS) is 22.2. The van der Waals surface area contributed by atoms with Crippen molar-refractivity contribution in [1.29, 1.82) is 0 Å². The molecule has 0 radical (unpaired) electrons. The number of benzene rings is 3. The van der Waals surface area contributed by atoms with E-state index < -0.39 is 5.41 Å². The van der Waals surface area contributed by atoms with E-state index in [1.807, 2.05) is 30.3 Å². The summed E-state index contributed by atoms with van der Waals surface area (Å²) < 4.78 is 0. The molecule has 30 heavy (non-hydrogen) atoms. The van der Waals surface area contributed by atoms with Gasteiger partial charge in [0.15, 0.2) is 5.78 Å². The minimum atomic E-state index is -0.424. The first-order valence-corrected chi connectivity index (χ1v) is 11.2. The molecule has 1 fully saturated rings. The molecule has 3 aromatic rings. The van der Waals surface area contributed by atoms with Gasteiger partial charge in [-0.3, -0.25) is 9.69 Å². The lowest BCUT2D eigenvalue weighted by molar-refractivity contribution is 0.0735. The highest BCUT2D eigenvalue weighted by Gasteiger charge is 2.52. The maximum atomic E-state index is 13.8. The van der Waals surface area contributed by atoms with Crippen LogP contribution in [0, 0.1) is 5.92 Å². The number of fused-ring (bicyclic) bond motifs is 1. The quantitative estimate of drug-likeness (QED) is 0.526. The Balaban J connectivity index is 1.40. The standard InChI is InChI=1S/C27H26ClNO/c28-24-11-6-7-20(17-24)19-29-15-13-23(14-16-29)27(22-9-2-1-3-10-22)18-21-8-4-5-12-25(21)26(27)30/h1-12,17,23H,13-16,18-19H2. The SMILES string of the molecule is O=C1c2ccccc2CC1(c1ccccc1)C1CCN(Cc2cccc(Cl)c2)CC1. The Morgan fingerprint density at radius 3 is 2.37 bits per heavy atom. The summed E-state index contributed by atoms with van der Waals surface area (Å²) in [5, 5.41) is 0.791. The highest BCUT2D eigenvalue weighted by Crippen LogP contribution is 2.48. The fourth-order valence-corrected chi connectivity index (χ4v) is 5.74. The maximum Gasteiger partial charge on any atom is 0.174 e. The van der Waals surface area contributed by atoms with Crippen LogP contribution in [0.1, 0.15) is 39.9 Å². The van der Waals surface area contributed by atoms with E-state index >= 15 is 0 Å². The molecule has 0 N–H and O–H groups in total. The number of ketones is 1.